The Morgan fingerprint density at radius 3 is 2.53 bits per heavy atom. The molecule has 3 atom stereocenters. The molecule has 1 saturated carbocycles. The first kappa shape index (κ1) is 12.6. The zero-order valence-electron chi connectivity index (χ0n) is 9.69. The summed E-state index contributed by atoms with van der Waals surface area (Å²) in [5, 5.41) is 12.4. The van der Waals surface area contributed by atoms with Gasteiger partial charge < -0.3 is 10.4 Å². The summed E-state index contributed by atoms with van der Waals surface area (Å²) in [5.41, 5.74) is 1.18. The quantitative estimate of drug-likeness (QED) is 0.898. The average molecular weight is 298 g/mol. The van der Waals surface area contributed by atoms with Crippen LogP contribution in [0.25, 0.3) is 0 Å². The molecular formula is C13H16BrNO2. The lowest BCUT2D eigenvalue weighted by atomic mass is 9.79. The lowest BCUT2D eigenvalue weighted by Gasteiger charge is -2.36. The van der Waals surface area contributed by atoms with Crippen LogP contribution in [0.15, 0.2) is 28.7 Å². The SMILES string of the molecule is CC(NC1CCC1C(=O)O)c1ccc(Br)cc1. The first-order valence-corrected chi connectivity index (χ1v) is 6.61. The first-order chi connectivity index (χ1) is 8.08. The van der Waals surface area contributed by atoms with Crippen LogP contribution in [0.2, 0.25) is 0 Å². The van der Waals surface area contributed by atoms with Gasteiger partial charge in [0.15, 0.2) is 0 Å². The van der Waals surface area contributed by atoms with Crippen LogP contribution in [-0.4, -0.2) is 17.1 Å². The number of carbonyl (C=O) groups is 1. The maximum atomic E-state index is 10.9. The Bertz CT molecular complexity index is 404. The Balaban J connectivity index is 1.95. The fraction of sp³-hybridized carbons (Fsp3) is 0.462. The van der Waals surface area contributed by atoms with Crippen molar-refractivity contribution in [2.45, 2.75) is 31.8 Å². The number of benzene rings is 1. The second-order valence-corrected chi connectivity index (χ2v) is 5.48. The van der Waals surface area contributed by atoms with Crippen molar-refractivity contribution in [3.8, 4) is 0 Å². The van der Waals surface area contributed by atoms with Crippen molar-refractivity contribution in [3.63, 3.8) is 0 Å². The molecule has 1 fully saturated rings. The molecule has 0 bridgehead atoms. The summed E-state index contributed by atoms with van der Waals surface area (Å²) in [6.07, 6.45) is 1.75. The minimum Gasteiger partial charge on any atom is -0.481 e. The third-order valence-electron chi connectivity index (χ3n) is 3.43. The molecule has 17 heavy (non-hydrogen) atoms. The van der Waals surface area contributed by atoms with E-state index >= 15 is 0 Å². The highest BCUT2D eigenvalue weighted by Gasteiger charge is 2.36. The molecule has 0 amide bonds. The van der Waals surface area contributed by atoms with Gasteiger partial charge in [0, 0.05) is 16.6 Å². The topological polar surface area (TPSA) is 49.3 Å². The van der Waals surface area contributed by atoms with E-state index in [4.69, 9.17) is 5.11 Å². The highest BCUT2D eigenvalue weighted by atomic mass is 79.9. The normalized spacial score (nSPS) is 25.1. The van der Waals surface area contributed by atoms with Gasteiger partial charge in [-0.25, -0.2) is 0 Å². The van der Waals surface area contributed by atoms with Gasteiger partial charge in [0.2, 0.25) is 0 Å². The van der Waals surface area contributed by atoms with E-state index < -0.39 is 5.97 Å². The van der Waals surface area contributed by atoms with Crippen LogP contribution in [0.4, 0.5) is 0 Å². The predicted octanol–water partition coefficient (Wildman–Crippen LogP) is 2.96. The third-order valence-corrected chi connectivity index (χ3v) is 3.95. The Morgan fingerprint density at radius 1 is 1.41 bits per heavy atom. The van der Waals surface area contributed by atoms with E-state index in [1.807, 2.05) is 12.1 Å². The second-order valence-electron chi connectivity index (χ2n) is 4.57. The van der Waals surface area contributed by atoms with Crippen molar-refractivity contribution < 1.29 is 9.90 Å². The van der Waals surface area contributed by atoms with Crippen molar-refractivity contribution in [1.29, 1.82) is 0 Å². The summed E-state index contributed by atoms with van der Waals surface area (Å²) in [6.45, 7) is 2.07. The van der Waals surface area contributed by atoms with E-state index in [0.717, 1.165) is 17.3 Å². The number of aliphatic carboxylic acids is 1. The van der Waals surface area contributed by atoms with Gasteiger partial charge in [-0.15, -0.1) is 0 Å². The molecule has 3 unspecified atom stereocenters. The maximum absolute atomic E-state index is 10.9. The van der Waals surface area contributed by atoms with Gasteiger partial charge in [-0.1, -0.05) is 28.1 Å². The lowest BCUT2D eigenvalue weighted by Crippen LogP contribution is -2.48. The predicted molar refractivity (Wildman–Crippen MR) is 69.8 cm³/mol. The Hall–Kier alpha value is -0.870. The lowest BCUT2D eigenvalue weighted by molar-refractivity contribution is -0.146. The van der Waals surface area contributed by atoms with Crippen LogP contribution in [0.5, 0.6) is 0 Å². The van der Waals surface area contributed by atoms with Crippen LogP contribution in [0, 0.1) is 5.92 Å². The second kappa shape index (κ2) is 5.19. The molecule has 0 radical (unpaired) electrons. The van der Waals surface area contributed by atoms with E-state index in [9.17, 15) is 4.79 Å². The molecule has 2 N–H and O–H groups in total. The van der Waals surface area contributed by atoms with E-state index in [2.05, 4.69) is 40.3 Å². The number of rotatable bonds is 4. The molecule has 0 aliphatic heterocycles. The number of nitrogens with one attached hydrogen (secondary N) is 1. The molecule has 4 heteroatoms. The molecule has 0 aromatic heterocycles. The summed E-state index contributed by atoms with van der Waals surface area (Å²) >= 11 is 3.40. The number of carboxylic acids is 1. The first-order valence-electron chi connectivity index (χ1n) is 5.82. The van der Waals surface area contributed by atoms with Crippen molar-refractivity contribution >= 4 is 21.9 Å². The molecule has 0 spiro atoms. The number of carboxylic acid groups (broad SMARTS) is 1. The molecule has 0 heterocycles. The minimum absolute atomic E-state index is 0.117. The van der Waals surface area contributed by atoms with Crippen LogP contribution in [-0.2, 0) is 4.79 Å². The monoisotopic (exact) mass is 297 g/mol. The van der Waals surface area contributed by atoms with Crippen LogP contribution in [0.1, 0.15) is 31.4 Å². The van der Waals surface area contributed by atoms with Gasteiger partial charge in [-0.3, -0.25) is 4.79 Å². The number of hydrogen-bond acceptors (Lipinski definition) is 2. The molecule has 1 aromatic rings. The van der Waals surface area contributed by atoms with Gasteiger partial charge in [-0.2, -0.15) is 0 Å². The third kappa shape index (κ3) is 2.87. The number of halogens is 1. The zero-order valence-corrected chi connectivity index (χ0v) is 11.3. The molecule has 1 aromatic carbocycles. The van der Waals surface area contributed by atoms with Crippen LogP contribution in [0.3, 0.4) is 0 Å². The molecule has 2 rings (SSSR count). The van der Waals surface area contributed by atoms with Crippen LogP contribution < -0.4 is 5.32 Å². The Kier molecular flexibility index (Phi) is 3.84. The summed E-state index contributed by atoms with van der Waals surface area (Å²) in [5.74, 6) is -0.898. The standard InChI is InChI=1S/C13H16BrNO2/c1-8(9-2-4-10(14)5-3-9)15-12-7-6-11(12)13(16)17/h2-5,8,11-12,15H,6-7H2,1H3,(H,16,17). The van der Waals surface area contributed by atoms with Crippen molar-refractivity contribution in [3.05, 3.63) is 34.3 Å². The highest BCUT2D eigenvalue weighted by Crippen LogP contribution is 2.30. The smallest absolute Gasteiger partial charge is 0.308 e. The molecule has 1 aliphatic carbocycles. The van der Waals surface area contributed by atoms with E-state index in [0.29, 0.717) is 0 Å². The Labute approximate surface area is 109 Å². The van der Waals surface area contributed by atoms with Gasteiger partial charge in [-0.05, 0) is 37.5 Å². The minimum atomic E-state index is -0.684. The fourth-order valence-electron chi connectivity index (χ4n) is 2.16. The molecule has 0 saturated heterocycles. The average Bonchev–Trinajstić information content (AvgIpc) is 2.24. The van der Waals surface area contributed by atoms with Crippen LogP contribution >= 0.6 is 15.9 Å². The van der Waals surface area contributed by atoms with E-state index in [1.165, 1.54) is 5.56 Å². The maximum Gasteiger partial charge on any atom is 0.308 e. The fourth-order valence-corrected chi connectivity index (χ4v) is 2.43. The summed E-state index contributed by atoms with van der Waals surface area (Å²) < 4.78 is 1.06. The highest BCUT2D eigenvalue weighted by molar-refractivity contribution is 9.10. The molecule has 92 valence electrons. The van der Waals surface area contributed by atoms with E-state index in [-0.39, 0.29) is 18.0 Å². The van der Waals surface area contributed by atoms with Gasteiger partial charge >= 0.3 is 5.97 Å². The summed E-state index contributed by atoms with van der Waals surface area (Å²) in [6, 6.07) is 8.42. The number of hydrogen-bond donors (Lipinski definition) is 2. The molecular weight excluding hydrogens is 282 g/mol. The van der Waals surface area contributed by atoms with E-state index in [1.54, 1.807) is 0 Å². The van der Waals surface area contributed by atoms with Crippen molar-refractivity contribution in [2.24, 2.45) is 5.92 Å². The van der Waals surface area contributed by atoms with Crippen molar-refractivity contribution in [2.75, 3.05) is 0 Å². The zero-order chi connectivity index (χ0) is 12.4. The van der Waals surface area contributed by atoms with Crippen molar-refractivity contribution in [1.82, 2.24) is 5.32 Å². The Morgan fingerprint density at radius 2 is 2.06 bits per heavy atom. The molecule has 1 aliphatic rings. The van der Waals surface area contributed by atoms with Gasteiger partial charge in [0.05, 0.1) is 5.92 Å². The van der Waals surface area contributed by atoms with Gasteiger partial charge in [0.1, 0.15) is 0 Å². The molecule has 3 nitrogen and oxygen atoms in total. The summed E-state index contributed by atoms with van der Waals surface area (Å²) in [7, 11) is 0. The summed E-state index contributed by atoms with van der Waals surface area (Å²) in [4.78, 5) is 10.9. The largest absolute Gasteiger partial charge is 0.481 e. The van der Waals surface area contributed by atoms with Gasteiger partial charge in [0.25, 0.3) is 0 Å².